The number of fused-ring (bicyclic) bond motifs is 1. The highest BCUT2D eigenvalue weighted by molar-refractivity contribution is 7.22. The normalized spacial score (nSPS) is 11.0. The van der Waals surface area contributed by atoms with Crippen molar-refractivity contribution in [2.24, 2.45) is 0 Å². The quantitative estimate of drug-likeness (QED) is 0.799. The van der Waals surface area contributed by atoms with Crippen LogP contribution in [0.3, 0.4) is 0 Å². The molecule has 0 atom stereocenters. The zero-order chi connectivity index (χ0) is 14.8. The molecule has 1 amide bonds. The van der Waals surface area contributed by atoms with E-state index in [1.165, 1.54) is 12.3 Å². The predicted molar refractivity (Wildman–Crippen MR) is 75.2 cm³/mol. The Morgan fingerprint density at radius 3 is 3.00 bits per heavy atom. The van der Waals surface area contributed by atoms with Crippen molar-refractivity contribution in [3.8, 4) is 0 Å². The number of thiazole rings is 1. The highest BCUT2D eigenvalue weighted by Crippen LogP contribution is 2.28. The number of halogens is 2. The van der Waals surface area contributed by atoms with Gasteiger partial charge >= 0.3 is 0 Å². The molecular formula is C14H10F2N2O2S. The summed E-state index contributed by atoms with van der Waals surface area (Å²) in [6, 6.07) is 5.49. The third-order valence-electron chi connectivity index (χ3n) is 2.84. The fourth-order valence-corrected chi connectivity index (χ4v) is 2.81. The Morgan fingerprint density at radius 1 is 1.38 bits per heavy atom. The van der Waals surface area contributed by atoms with Crippen LogP contribution in [-0.4, -0.2) is 10.9 Å². The van der Waals surface area contributed by atoms with Gasteiger partial charge in [0.2, 0.25) is 5.91 Å². The highest BCUT2D eigenvalue weighted by Gasteiger charge is 2.12. The van der Waals surface area contributed by atoms with Crippen molar-refractivity contribution < 1.29 is 18.0 Å². The van der Waals surface area contributed by atoms with Crippen LogP contribution in [0.4, 0.5) is 13.9 Å². The first-order chi connectivity index (χ1) is 10.1. The Kier molecular flexibility index (Phi) is 3.66. The second kappa shape index (κ2) is 5.61. The third-order valence-corrected chi connectivity index (χ3v) is 3.76. The molecule has 0 saturated carbocycles. The molecule has 4 nitrogen and oxygen atoms in total. The summed E-state index contributed by atoms with van der Waals surface area (Å²) in [6.45, 7) is 0. The van der Waals surface area contributed by atoms with Crippen LogP contribution in [0.2, 0.25) is 0 Å². The highest BCUT2D eigenvalue weighted by atomic mass is 32.1. The van der Waals surface area contributed by atoms with E-state index in [4.69, 9.17) is 4.42 Å². The molecule has 0 fully saturated rings. The van der Waals surface area contributed by atoms with E-state index in [0.29, 0.717) is 16.9 Å². The van der Waals surface area contributed by atoms with Crippen LogP contribution in [0.25, 0.3) is 10.2 Å². The van der Waals surface area contributed by atoms with Crippen LogP contribution in [-0.2, 0) is 11.2 Å². The first kappa shape index (κ1) is 13.7. The van der Waals surface area contributed by atoms with E-state index in [1.807, 2.05) is 0 Å². The molecule has 0 unspecified atom stereocenters. The van der Waals surface area contributed by atoms with Crippen LogP contribution in [0, 0.1) is 11.6 Å². The minimum atomic E-state index is -0.739. The second-order valence-corrected chi connectivity index (χ2v) is 5.41. The van der Waals surface area contributed by atoms with E-state index in [0.717, 1.165) is 17.4 Å². The van der Waals surface area contributed by atoms with Gasteiger partial charge in [0.25, 0.3) is 0 Å². The average Bonchev–Trinajstić information content (AvgIpc) is 3.05. The smallest absolute Gasteiger partial charge is 0.226 e. The van der Waals surface area contributed by atoms with Crippen LogP contribution < -0.4 is 5.32 Å². The van der Waals surface area contributed by atoms with Crippen LogP contribution in [0.5, 0.6) is 0 Å². The number of amides is 1. The number of hydrogen-bond donors (Lipinski definition) is 1. The number of carbonyl (C=O) groups is 1. The molecule has 3 rings (SSSR count). The number of aromatic nitrogens is 1. The van der Waals surface area contributed by atoms with Crippen LogP contribution in [0.1, 0.15) is 12.2 Å². The van der Waals surface area contributed by atoms with E-state index in [9.17, 15) is 13.6 Å². The van der Waals surface area contributed by atoms with Gasteiger partial charge in [0.1, 0.15) is 17.1 Å². The number of furan rings is 1. The van der Waals surface area contributed by atoms with Crippen molar-refractivity contribution >= 4 is 32.6 Å². The number of nitrogens with one attached hydrogen (secondary N) is 1. The predicted octanol–water partition coefficient (Wildman–Crippen LogP) is 3.74. The van der Waals surface area contributed by atoms with E-state index in [2.05, 4.69) is 10.3 Å². The number of rotatable bonds is 4. The van der Waals surface area contributed by atoms with Gasteiger partial charge in [-0.15, -0.1) is 0 Å². The summed E-state index contributed by atoms with van der Waals surface area (Å²) in [5.41, 5.74) is 0.0581. The summed E-state index contributed by atoms with van der Waals surface area (Å²) in [6.07, 6.45) is 2.23. The summed E-state index contributed by atoms with van der Waals surface area (Å²) in [7, 11) is 0. The molecule has 21 heavy (non-hydrogen) atoms. The number of hydrogen-bond acceptors (Lipinski definition) is 4. The van der Waals surface area contributed by atoms with E-state index in [1.54, 1.807) is 12.1 Å². The van der Waals surface area contributed by atoms with Gasteiger partial charge in [0.05, 0.1) is 11.0 Å². The number of carbonyl (C=O) groups excluding carboxylic acids is 1. The molecule has 1 N–H and O–H groups in total. The molecule has 0 saturated heterocycles. The van der Waals surface area contributed by atoms with Gasteiger partial charge in [0, 0.05) is 18.9 Å². The zero-order valence-electron chi connectivity index (χ0n) is 10.7. The van der Waals surface area contributed by atoms with Gasteiger partial charge in [-0.3, -0.25) is 4.79 Å². The molecule has 0 spiro atoms. The van der Waals surface area contributed by atoms with Gasteiger partial charge in [-0.05, 0) is 18.2 Å². The van der Waals surface area contributed by atoms with Gasteiger partial charge in [-0.2, -0.15) is 0 Å². The number of aryl methyl sites for hydroxylation is 1. The first-order valence-electron chi connectivity index (χ1n) is 6.19. The lowest BCUT2D eigenvalue weighted by Gasteiger charge is -1.99. The summed E-state index contributed by atoms with van der Waals surface area (Å²) in [4.78, 5) is 15.7. The average molecular weight is 308 g/mol. The van der Waals surface area contributed by atoms with Crippen molar-refractivity contribution in [2.45, 2.75) is 12.8 Å². The summed E-state index contributed by atoms with van der Waals surface area (Å²) in [5.74, 6) is -0.953. The molecule has 0 aliphatic carbocycles. The lowest BCUT2D eigenvalue weighted by molar-refractivity contribution is -0.116. The lowest BCUT2D eigenvalue weighted by atomic mass is 10.2. The van der Waals surface area contributed by atoms with Gasteiger partial charge in [-0.1, -0.05) is 11.3 Å². The number of benzene rings is 1. The van der Waals surface area contributed by atoms with E-state index >= 15 is 0 Å². The monoisotopic (exact) mass is 308 g/mol. The fraction of sp³-hybridized carbons (Fsp3) is 0.143. The van der Waals surface area contributed by atoms with E-state index < -0.39 is 11.6 Å². The summed E-state index contributed by atoms with van der Waals surface area (Å²) in [5, 5.41) is 2.83. The van der Waals surface area contributed by atoms with Crippen molar-refractivity contribution in [1.82, 2.24) is 4.98 Å². The van der Waals surface area contributed by atoms with Gasteiger partial charge in [-0.25, -0.2) is 13.8 Å². The Hall–Kier alpha value is -2.28. The Balaban J connectivity index is 1.69. The van der Waals surface area contributed by atoms with Gasteiger partial charge in [0.15, 0.2) is 10.9 Å². The number of nitrogens with zero attached hydrogens (tertiary/aromatic N) is 1. The molecule has 2 heterocycles. The summed E-state index contributed by atoms with van der Waals surface area (Å²) < 4.78 is 32.1. The van der Waals surface area contributed by atoms with E-state index in [-0.39, 0.29) is 23.0 Å². The van der Waals surface area contributed by atoms with Crippen molar-refractivity contribution in [2.75, 3.05) is 5.32 Å². The minimum absolute atomic E-state index is 0.0581. The van der Waals surface area contributed by atoms with Crippen LogP contribution in [0.15, 0.2) is 34.9 Å². The molecular weight excluding hydrogens is 298 g/mol. The molecule has 0 aliphatic rings. The maximum absolute atomic E-state index is 13.5. The number of anilines is 1. The standard InChI is InChI=1S/C14H10F2N2O2S/c15-8-6-10(16)13-11(7-8)21-14(18-13)17-12(19)4-3-9-2-1-5-20-9/h1-2,5-7H,3-4H2,(H,17,18,19). The topological polar surface area (TPSA) is 55.1 Å². The summed E-state index contributed by atoms with van der Waals surface area (Å²) >= 11 is 1.03. The maximum atomic E-state index is 13.5. The van der Waals surface area contributed by atoms with Crippen LogP contribution >= 0.6 is 11.3 Å². The molecule has 1 aromatic carbocycles. The molecule has 0 aliphatic heterocycles. The second-order valence-electron chi connectivity index (χ2n) is 4.38. The molecule has 108 valence electrons. The fourth-order valence-electron chi connectivity index (χ4n) is 1.88. The Morgan fingerprint density at radius 2 is 2.24 bits per heavy atom. The molecule has 3 aromatic rings. The van der Waals surface area contributed by atoms with Crippen molar-refractivity contribution in [3.05, 3.63) is 47.9 Å². The first-order valence-corrected chi connectivity index (χ1v) is 7.01. The lowest BCUT2D eigenvalue weighted by Crippen LogP contribution is -2.11. The molecule has 2 aromatic heterocycles. The minimum Gasteiger partial charge on any atom is -0.469 e. The SMILES string of the molecule is O=C(CCc1ccco1)Nc1nc2c(F)cc(F)cc2s1. The maximum Gasteiger partial charge on any atom is 0.226 e. The largest absolute Gasteiger partial charge is 0.469 e. The van der Waals surface area contributed by atoms with Gasteiger partial charge < -0.3 is 9.73 Å². The van der Waals surface area contributed by atoms with Crippen molar-refractivity contribution in [1.29, 1.82) is 0 Å². The Bertz CT molecular complexity index is 784. The zero-order valence-corrected chi connectivity index (χ0v) is 11.5. The molecule has 0 bridgehead atoms. The Labute approximate surface area is 122 Å². The van der Waals surface area contributed by atoms with Crippen molar-refractivity contribution in [3.63, 3.8) is 0 Å². The molecule has 0 radical (unpaired) electrons. The third kappa shape index (κ3) is 3.08. The molecule has 7 heteroatoms.